The smallest absolute Gasteiger partial charge is 0.303 e. The molecule has 0 fully saturated rings. The van der Waals surface area contributed by atoms with Crippen molar-refractivity contribution in [2.24, 2.45) is 0 Å². The van der Waals surface area contributed by atoms with Crippen LogP contribution in [-0.2, 0) is 9.59 Å². The number of carbonyl (C=O) groups excluding carboxylic acids is 2. The molecule has 0 unspecified atom stereocenters. The Bertz CT molecular complexity index is 763. The SMILES string of the molecule is COc1ccc2cc([C@@H](C)C=O)ccc2c1C(=O)CCC(=O)O. The molecule has 1 atom stereocenters. The zero-order chi connectivity index (χ0) is 17.0. The number of hydrogen-bond donors (Lipinski definition) is 1. The third-order valence-corrected chi connectivity index (χ3v) is 3.80. The van der Waals surface area contributed by atoms with Gasteiger partial charge < -0.3 is 14.6 Å². The van der Waals surface area contributed by atoms with Gasteiger partial charge in [0.2, 0.25) is 0 Å². The van der Waals surface area contributed by atoms with Gasteiger partial charge in [0.25, 0.3) is 0 Å². The molecule has 2 rings (SSSR count). The summed E-state index contributed by atoms with van der Waals surface area (Å²) in [6.07, 6.45) is 0.555. The number of rotatable bonds is 7. The summed E-state index contributed by atoms with van der Waals surface area (Å²) >= 11 is 0. The summed E-state index contributed by atoms with van der Waals surface area (Å²) in [6.45, 7) is 1.80. The minimum atomic E-state index is -1.01. The van der Waals surface area contributed by atoms with Crippen LogP contribution < -0.4 is 4.74 Å². The fourth-order valence-electron chi connectivity index (χ4n) is 2.49. The van der Waals surface area contributed by atoms with Crippen LogP contribution in [-0.4, -0.2) is 30.3 Å². The predicted octanol–water partition coefficient (Wildman–Crippen LogP) is 3.20. The molecule has 2 aromatic carbocycles. The van der Waals surface area contributed by atoms with E-state index in [1.165, 1.54) is 7.11 Å². The molecule has 0 aliphatic heterocycles. The van der Waals surface area contributed by atoms with Crippen molar-refractivity contribution in [3.05, 3.63) is 41.5 Å². The molecule has 120 valence electrons. The van der Waals surface area contributed by atoms with E-state index < -0.39 is 5.97 Å². The molecule has 2 aromatic rings. The van der Waals surface area contributed by atoms with Gasteiger partial charge in [-0.3, -0.25) is 9.59 Å². The van der Waals surface area contributed by atoms with Crippen molar-refractivity contribution in [1.82, 2.24) is 0 Å². The molecule has 0 saturated heterocycles. The van der Waals surface area contributed by atoms with Gasteiger partial charge >= 0.3 is 5.97 Å². The Balaban J connectivity index is 2.54. The summed E-state index contributed by atoms with van der Waals surface area (Å²) in [7, 11) is 1.47. The van der Waals surface area contributed by atoms with E-state index in [4.69, 9.17) is 9.84 Å². The van der Waals surface area contributed by atoms with E-state index in [0.717, 1.165) is 17.2 Å². The van der Waals surface area contributed by atoms with Crippen LogP contribution in [0.25, 0.3) is 10.8 Å². The maximum absolute atomic E-state index is 12.4. The molecule has 0 radical (unpaired) electrons. The van der Waals surface area contributed by atoms with Crippen molar-refractivity contribution in [2.45, 2.75) is 25.7 Å². The van der Waals surface area contributed by atoms with Crippen LogP contribution in [0.1, 0.15) is 41.6 Å². The lowest BCUT2D eigenvalue weighted by molar-refractivity contribution is -0.136. The van der Waals surface area contributed by atoms with Crippen LogP contribution in [0, 0.1) is 0 Å². The minimum absolute atomic E-state index is 0.0860. The lowest BCUT2D eigenvalue weighted by Crippen LogP contribution is -2.07. The number of carboxylic acid groups (broad SMARTS) is 1. The molecule has 0 spiro atoms. The van der Waals surface area contributed by atoms with E-state index in [0.29, 0.717) is 16.7 Å². The summed E-state index contributed by atoms with van der Waals surface area (Å²) in [6, 6.07) is 8.95. The third kappa shape index (κ3) is 3.56. The van der Waals surface area contributed by atoms with Crippen LogP contribution in [0.5, 0.6) is 5.75 Å². The Morgan fingerprint density at radius 2 is 1.96 bits per heavy atom. The highest BCUT2D eigenvalue weighted by molar-refractivity contribution is 6.11. The van der Waals surface area contributed by atoms with Gasteiger partial charge in [-0.25, -0.2) is 0 Å². The van der Waals surface area contributed by atoms with E-state index in [-0.39, 0.29) is 24.5 Å². The highest BCUT2D eigenvalue weighted by Crippen LogP contribution is 2.31. The first-order valence-electron chi connectivity index (χ1n) is 7.29. The number of carboxylic acids is 1. The zero-order valence-corrected chi connectivity index (χ0v) is 13.0. The van der Waals surface area contributed by atoms with E-state index >= 15 is 0 Å². The highest BCUT2D eigenvalue weighted by Gasteiger charge is 2.18. The Labute approximate surface area is 133 Å². The van der Waals surface area contributed by atoms with E-state index in [9.17, 15) is 14.4 Å². The zero-order valence-electron chi connectivity index (χ0n) is 13.0. The third-order valence-electron chi connectivity index (χ3n) is 3.80. The van der Waals surface area contributed by atoms with Crippen molar-refractivity contribution >= 4 is 28.8 Å². The Morgan fingerprint density at radius 1 is 1.22 bits per heavy atom. The van der Waals surface area contributed by atoms with Gasteiger partial charge in [-0.1, -0.05) is 31.2 Å². The first-order chi connectivity index (χ1) is 11.0. The topological polar surface area (TPSA) is 80.7 Å². The molecular formula is C18H18O5. The maximum Gasteiger partial charge on any atom is 0.303 e. The molecular weight excluding hydrogens is 296 g/mol. The Morgan fingerprint density at radius 3 is 2.57 bits per heavy atom. The number of hydrogen-bond acceptors (Lipinski definition) is 4. The number of ketones is 1. The van der Waals surface area contributed by atoms with Crippen molar-refractivity contribution in [2.75, 3.05) is 7.11 Å². The number of fused-ring (bicyclic) bond motifs is 1. The van der Waals surface area contributed by atoms with Gasteiger partial charge in [0.1, 0.15) is 12.0 Å². The van der Waals surface area contributed by atoms with Crippen LogP contribution in [0.15, 0.2) is 30.3 Å². The Kier molecular flexibility index (Phi) is 5.11. The Hall–Kier alpha value is -2.69. The number of aliphatic carboxylic acids is 1. The lowest BCUT2D eigenvalue weighted by Gasteiger charge is -2.13. The molecule has 0 saturated carbocycles. The van der Waals surface area contributed by atoms with Crippen LogP contribution in [0.2, 0.25) is 0 Å². The van der Waals surface area contributed by atoms with Gasteiger partial charge in [-0.15, -0.1) is 0 Å². The summed E-state index contributed by atoms with van der Waals surface area (Å²) < 4.78 is 5.26. The molecule has 0 bridgehead atoms. The molecule has 0 aliphatic rings. The first kappa shape index (κ1) is 16.7. The quantitative estimate of drug-likeness (QED) is 0.627. The predicted molar refractivity (Wildman–Crippen MR) is 86.2 cm³/mol. The second kappa shape index (κ2) is 7.05. The number of aldehydes is 1. The number of benzene rings is 2. The molecule has 1 N–H and O–H groups in total. The number of carbonyl (C=O) groups is 3. The fourth-order valence-corrected chi connectivity index (χ4v) is 2.49. The van der Waals surface area contributed by atoms with Gasteiger partial charge in [-0.05, 0) is 22.4 Å². The first-order valence-corrected chi connectivity index (χ1v) is 7.29. The summed E-state index contributed by atoms with van der Waals surface area (Å²) in [5, 5.41) is 10.3. The second-order valence-corrected chi connectivity index (χ2v) is 5.37. The van der Waals surface area contributed by atoms with Gasteiger partial charge in [-0.2, -0.15) is 0 Å². The number of Topliss-reactive ketones (excluding diaryl/α,β-unsaturated/α-hetero) is 1. The molecule has 0 aromatic heterocycles. The van der Waals surface area contributed by atoms with E-state index in [2.05, 4.69) is 0 Å². The summed E-state index contributed by atoms with van der Waals surface area (Å²) in [5.41, 5.74) is 1.25. The lowest BCUT2D eigenvalue weighted by atomic mass is 9.94. The second-order valence-electron chi connectivity index (χ2n) is 5.37. The van der Waals surface area contributed by atoms with Gasteiger partial charge in [0.05, 0.1) is 19.1 Å². The molecule has 5 nitrogen and oxygen atoms in total. The summed E-state index contributed by atoms with van der Waals surface area (Å²) in [5.74, 6) is -1.09. The van der Waals surface area contributed by atoms with Gasteiger partial charge in [0.15, 0.2) is 5.78 Å². The molecule has 23 heavy (non-hydrogen) atoms. The molecule has 0 heterocycles. The molecule has 5 heteroatoms. The number of methoxy groups -OCH3 is 1. The van der Waals surface area contributed by atoms with E-state index in [1.807, 2.05) is 12.1 Å². The van der Waals surface area contributed by atoms with Crippen LogP contribution in [0.3, 0.4) is 0 Å². The fraction of sp³-hybridized carbons (Fsp3) is 0.278. The summed E-state index contributed by atoms with van der Waals surface area (Å²) in [4.78, 5) is 34.0. The van der Waals surface area contributed by atoms with Crippen LogP contribution >= 0.6 is 0 Å². The van der Waals surface area contributed by atoms with Crippen molar-refractivity contribution in [3.63, 3.8) is 0 Å². The maximum atomic E-state index is 12.4. The standard InChI is InChI=1S/C18H18O5/c1-11(10-19)12-3-5-14-13(9-12)4-7-16(23-2)18(14)15(20)6-8-17(21)22/h3-5,7,9-11H,6,8H2,1-2H3,(H,21,22)/t11-/m0/s1. The monoisotopic (exact) mass is 314 g/mol. The number of ether oxygens (including phenoxy) is 1. The average molecular weight is 314 g/mol. The normalized spacial score (nSPS) is 11.9. The van der Waals surface area contributed by atoms with Crippen molar-refractivity contribution in [1.29, 1.82) is 0 Å². The minimum Gasteiger partial charge on any atom is -0.496 e. The van der Waals surface area contributed by atoms with Crippen LogP contribution in [0.4, 0.5) is 0 Å². The largest absolute Gasteiger partial charge is 0.496 e. The van der Waals surface area contributed by atoms with Crippen molar-refractivity contribution < 1.29 is 24.2 Å². The molecule has 0 amide bonds. The van der Waals surface area contributed by atoms with Gasteiger partial charge in [0, 0.05) is 12.3 Å². The highest BCUT2D eigenvalue weighted by atomic mass is 16.5. The average Bonchev–Trinajstić information content (AvgIpc) is 2.57. The van der Waals surface area contributed by atoms with Crippen molar-refractivity contribution in [3.8, 4) is 5.75 Å². The molecule has 0 aliphatic carbocycles. The van der Waals surface area contributed by atoms with E-state index in [1.54, 1.807) is 25.1 Å².